The number of hydrogen-bond acceptors (Lipinski definition) is 2. The highest BCUT2D eigenvalue weighted by Gasteiger charge is 2.28. The van der Waals surface area contributed by atoms with Gasteiger partial charge in [-0.3, -0.25) is 0 Å². The van der Waals surface area contributed by atoms with Crippen LogP contribution < -0.4 is 5.32 Å². The first-order valence-corrected chi connectivity index (χ1v) is 4.52. The lowest BCUT2D eigenvalue weighted by Gasteiger charge is -2.14. The molecule has 98 valence electrons. The Morgan fingerprint density at radius 2 is 1.62 bits per heavy atom. The Kier molecular flexibility index (Phi) is 6.09. The normalized spacial score (nSPS) is 15.2. The van der Waals surface area contributed by atoms with Crippen molar-refractivity contribution in [2.45, 2.75) is 19.3 Å². The van der Waals surface area contributed by atoms with Crippen LogP contribution >= 0.6 is 0 Å². The van der Waals surface area contributed by atoms with Gasteiger partial charge in [0.1, 0.15) is 6.61 Å². The van der Waals surface area contributed by atoms with Crippen molar-refractivity contribution in [1.82, 2.24) is 5.32 Å². The third kappa shape index (κ3) is 11.6. The van der Waals surface area contributed by atoms with Gasteiger partial charge >= 0.3 is 12.4 Å². The molecule has 1 atom stereocenters. The van der Waals surface area contributed by atoms with E-state index in [0.717, 1.165) is 0 Å². The van der Waals surface area contributed by atoms with Crippen LogP contribution in [0, 0.1) is 5.92 Å². The Morgan fingerprint density at radius 1 is 1.06 bits per heavy atom. The Balaban J connectivity index is 3.49. The molecule has 0 aromatic rings. The first-order chi connectivity index (χ1) is 7.10. The SMILES string of the molecule is CC(CNCC(F)(F)F)COCC(F)(F)F. The lowest BCUT2D eigenvalue weighted by atomic mass is 10.2. The molecular formula is C8H13F6NO. The zero-order valence-electron chi connectivity index (χ0n) is 8.58. The van der Waals surface area contributed by atoms with Crippen LogP contribution in [0.2, 0.25) is 0 Å². The van der Waals surface area contributed by atoms with Gasteiger partial charge in [-0.25, -0.2) is 0 Å². The first-order valence-electron chi connectivity index (χ1n) is 4.52. The van der Waals surface area contributed by atoms with Crippen LogP contribution in [0.15, 0.2) is 0 Å². The molecule has 0 radical (unpaired) electrons. The van der Waals surface area contributed by atoms with Crippen molar-refractivity contribution in [2.75, 3.05) is 26.3 Å². The monoisotopic (exact) mass is 253 g/mol. The standard InChI is InChI=1S/C8H13F6NO/c1-6(2-15-4-7(9,10)11)3-16-5-8(12,13)14/h6,15H,2-5H2,1H3. The molecule has 16 heavy (non-hydrogen) atoms. The molecule has 0 amide bonds. The molecule has 0 aromatic heterocycles. The third-order valence-electron chi connectivity index (χ3n) is 1.49. The summed E-state index contributed by atoms with van der Waals surface area (Å²) in [5.41, 5.74) is 0. The fourth-order valence-electron chi connectivity index (χ4n) is 0.895. The number of halogens is 6. The maximum atomic E-state index is 11.7. The first kappa shape index (κ1) is 15.5. The molecule has 8 heteroatoms. The molecule has 0 saturated heterocycles. The highest BCUT2D eigenvalue weighted by atomic mass is 19.4. The van der Waals surface area contributed by atoms with Gasteiger partial charge in [0.15, 0.2) is 0 Å². The van der Waals surface area contributed by atoms with Crippen LogP contribution in [0.1, 0.15) is 6.92 Å². The van der Waals surface area contributed by atoms with Gasteiger partial charge in [-0.1, -0.05) is 6.92 Å². The molecule has 0 aromatic carbocycles. The van der Waals surface area contributed by atoms with Gasteiger partial charge in [-0.2, -0.15) is 26.3 Å². The van der Waals surface area contributed by atoms with Gasteiger partial charge in [-0.05, 0) is 5.92 Å². The summed E-state index contributed by atoms with van der Waals surface area (Å²) in [5, 5.41) is 2.09. The van der Waals surface area contributed by atoms with Crippen molar-refractivity contribution in [3.8, 4) is 0 Å². The molecule has 0 saturated carbocycles. The molecule has 0 aliphatic rings. The Labute approximate surface area is 89.0 Å². The van der Waals surface area contributed by atoms with Crippen LogP contribution in [0.5, 0.6) is 0 Å². The highest BCUT2D eigenvalue weighted by molar-refractivity contribution is 4.60. The molecule has 1 unspecified atom stereocenters. The van der Waals surface area contributed by atoms with Crippen molar-refractivity contribution in [3.63, 3.8) is 0 Å². The van der Waals surface area contributed by atoms with E-state index < -0.39 is 31.4 Å². The summed E-state index contributed by atoms with van der Waals surface area (Å²) in [6, 6.07) is 0. The average molecular weight is 253 g/mol. The van der Waals surface area contributed by atoms with E-state index in [2.05, 4.69) is 10.1 Å². The van der Waals surface area contributed by atoms with E-state index in [9.17, 15) is 26.3 Å². The van der Waals surface area contributed by atoms with Gasteiger partial charge in [0.2, 0.25) is 0 Å². The maximum Gasteiger partial charge on any atom is 0.411 e. The van der Waals surface area contributed by atoms with E-state index in [4.69, 9.17) is 0 Å². The minimum absolute atomic E-state index is 0.0443. The molecule has 0 spiro atoms. The lowest BCUT2D eigenvalue weighted by Crippen LogP contribution is -2.33. The molecule has 0 rings (SSSR count). The summed E-state index contributed by atoms with van der Waals surface area (Å²) >= 11 is 0. The minimum atomic E-state index is -4.40. The summed E-state index contributed by atoms with van der Waals surface area (Å²) in [6.45, 7) is -1.31. The number of alkyl halides is 6. The molecule has 1 N–H and O–H groups in total. The van der Waals surface area contributed by atoms with Crippen molar-refractivity contribution < 1.29 is 31.1 Å². The van der Waals surface area contributed by atoms with Crippen molar-refractivity contribution >= 4 is 0 Å². The number of ether oxygens (including phenoxy) is 1. The second kappa shape index (κ2) is 6.29. The summed E-state index contributed by atoms with van der Waals surface area (Å²) in [4.78, 5) is 0. The Morgan fingerprint density at radius 3 is 2.06 bits per heavy atom. The van der Waals surface area contributed by atoms with E-state index in [0.29, 0.717) is 0 Å². The number of rotatable bonds is 6. The topological polar surface area (TPSA) is 21.3 Å². The minimum Gasteiger partial charge on any atom is -0.372 e. The maximum absolute atomic E-state index is 11.7. The number of hydrogen-bond donors (Lipinski definition) is 1. The van der Waals surface area contributed by atoms with E-state index in [-0.39, 0.29) is 13.2 Å². The molecular weight excluding hydrogens is 240 g/mol. The van der Waals surface area contributed by atoms with E-state index in [1.165, 1.54) is 6.92 Å². The largest absolute Gasteiger partial charge is 0.411 e. The number of nitrogens with one attached hydrogen (secondary N) is 1. The quantitative estimate of drug-likeness (QED) is 0.734. The molecule has 0 aliphatic heterocycles. The van der Waals surface area contributed by atoms with Crippen LogP contribution in [0.4, 0.5) is 26.3 Å². The summed E-state index contributed by atoms with van der Waals surface area (Å²) in [5.74, 6) is -0.412. The molecule has 0 fully saturated rings. The fraction of sp³-hybridized carbons (Fsp3) is 1.00. The third-order valence-corrected chi connectivity index (χ3v) is 1.49. The van der Waals surface area contributed by atoms with Gasteiger partial charge < -0.3 is 10.1 Å². The van der Waals surface area contributed by atoms with Crippen LogP contribution in [0.3, 0.4) is 0 Å². The molecule has 2 nitrogen and oxygen atoms in total. The predicted octanol–water partition coefficient (Wildman–Crippen LogP) is 2.35. The van der Waals surface area contributed by atoms with Gasteiger partial charge in [0, 0.05) is 6.54 Å². The summed E-state index contributed by atoms with van der Waals surface area (Å²) in [6.07, 6.45) is -8.72. The highest BCUT2D eigenvalue weighted by Crippen LogP contribution is 2.15. The average Bonchev–Trinajstić information content (AvgIpc) is 1.98. The van der Waals surface area contributed by atoms with Crippen molar-refractivity contribution in [3.05, 3.63) is 0 Å². The Bertz CT molecular complexity index is 170. The van der Waals surface area contributed by atoms with Gasteiger partial charge in [0.05, 0.1) is 13.2 Å². The van der Waals surface area contributed by atoms with Gasteiger partial charge in [-0.15, -0.1) is 0 Å². The van der Waals surface area contributed by atoms with Crippen molar-refractivity contribution in [2.24, 2.45) is 5.92 Å². The van der Waals surface area contributed by atoms with E-state index in [1.54, 1.807) is 0 Å². The smallest absolute Gasteiger partial charge is 0.372 e. The van der Waals surface area contributed by atoms with Gasteiger partial charge in [0.25, 0.3) is 0 Å². The van der Waals surface area contributed by atoms with Crippen LogP contribution in [-0.4, -0.2) is 38.7 Å². The predicted molar refractivity (Wildman–Crippen MR) is 45.0 cm³/mol. The Hall–Kier alpha value is -0.500. The van der Waals surface area contributed by atoms with E-state index in [1.807, 2.05) is 0 Å². The second-order valence-corrected chi connectivity index (χ2v) is 3.48. The molecule has 0 heterocycles. The zero-order valence-corrected chi connectivity index (χ0v) is 8.58. The molecule has 0 bridgehead atoms. The van der Waals surface area contributed by atoms with Crippen LogP contribution in [0.25, 0.3) is 0 Å². The molecule has 0 aliphatic carbocycles. The van der Waals surface area contributed by atoms with Crippen molar-refractivity contribution in [1.29, 1.82) is 0 Å². The second-order valence-electron chi connectivity index (χ2n) is 3.48. The summed E-state index contributed by atoms with van der Waals surface area (Å²) < 4.78 is 74.2. The van der Waals surface area contributed by atoms with Crippen LogP contribution in [-0.2, 0) is 4.74 Å². The lowest BCUT2D eigenvalue weighted by molar-refractivity contribution is -0.176. The zero-order chi connectivity index (χ0) is 12.8. The van der Waals surface area contributed by atoms with E-state index >= 15 is 0 Å². The fourth-order valence-corrected chi connectivity index (χ4v) is 0.895. The summed E-state index contributed by atoms with van der Waals surface area (Å²) in [7, 11) is 0.